The lowest BCUT2D eigenvalue weighted by atomic mass is 10.2. The van der Waals surface area contributed by atoms with E-state index in [-0.39, 0.29) is 11.3 Å². The summed E-state index contributed by atoms with van der Waals surface area (Å²) >= 11 is 5.96. The SMILES string of the molecule is Cc1ccc(-n2ncc(CO)c2C(F)F)cc1Cl. The molecule has 1 heterocycles. The second-order valence-corrected chi connectivity index (χ2v) is 4.27. The van der Waals surface area contributed by atoms with Gasteiger partial charge in [0.2, 0.25) is 0 Å². The van der Waals surface area contributed by atoms with Gasteiger partial charge in [0.25, 0.3) is 6.43 Å². The lowest BCUT2D eigenvalue weighted by Crippen LogP contribution is -2.04. The van der Waals surface area contributed by atoms with E-state index in [2.05, 4.69) is 5.10 Å². The molecule has 0 spiro atoms. The number of hydrogen-bond donors (Lipinski definition) is 1. The Morgan fingerprint density at radius 1 is 1.44 bits per heavy atom. The van der Waals surface area contributed by atoms with E-state index in [0.29, 0.717) is 10.7 Å². The van der Waals surface area contributed by atoms with E-state index in [1.54, 1.807) is 18.2 Å². The first-order valence-corrected chi connectivity index (χ1v) is 5.64. The Morgan fingerprint density at radius 2 is 2.17 bits per heavy atom. The van der Waals surface area contributed by atoms with Crippen molar-refractivity contribution in [1.29, 1.82) is 0 Å². The van der Waals surface area contributed by atoms with Crippen molar-refractivity contribution < 1.29 is 13.9 Å². The van der Waals surface area contributed by atoms with Crippen LogP contribution in [0, 0.1) is 6.92 Å². The molecule has 2 aromatic rings. The molecule has 1 aromatic heterocycles. The maximum absolute atomic E-state index is 13.0. The quantitative estimate of drug-likeness (QED) is 0.931. The van der Waals surface area contributed by atoms with Crippen LogP contribution in [0.1, 0.15) is 23.2 Å². The highest BCUT2D eigenvalue weighted by Gasteiger charge is 2.20. The highest BCUT2D eigenvalue weighted by molar-refractivity contribution is 6.31. The Morgan fingerprint density at radius 3 is 2.72 bits per heavy atom. The molecule has 2 rings (SSSR count). The van der Waals surface area contributed by atoms with Crippen molar-refractivity contribution in [3.8, 4) is 5.69 Å². The molecule has 0 radical (unpaired) electrons. The van der Waals surface area contributed by atoms with Gasteiger partial charge in [-0.15, -0.1) is 0 Å². The highest BCUT2D eigenvalue weighted by Crippen LogP contribution is 2.27. The van der Waals surface area contributed by atoms with Crippen molar-refractivity contribution in [3.05, 3.63) is 46.2 Å². The molecule has 0 aliphatic heterocycles. The summed E-state index contributed by atoms with van der Waals surface area (Å²) in [4.78, 5) is 0. The van der Waals surface area contributed by atoms with Gasteiger partial charge in [-0.05, 0) is 24.6 Å². The van der Waals surface area contributed by atoms with Crippen LogP contribution in [0.25, 0.3) is 5.69 Å². The molecular weight excluding hydrogens is 262 g/mol. The van der Waals surface area contributed by atoms with Crippen molar-refractivity contribution in [3.63, 3.8) is 0 Å². The van der Waals surface area contributed by atoms with Gasteiger partial charge in [0.05, 0.1) is 18.5 Å². The van der Waals surface area contributed by atoms with E-state index < -0.39 is 13.0 Å². The number of hydrogen-bond acceptors (Lipinski definition) is 2. The minimum Gasteiger partial charge on any atom is -0.392 e. The molecule has 0 unspecified atom stereocenters. The van der Waals surface area contributed by atoms with Crippen LogP contribution in [-0.4, -0.2) is 14.9 Å². The zero-order chi connectivity index (χ0) is 13.3. The molecular formula is C12H11ClF2N2O. The normalized spacial score (nSPS) is 11.2. The maximum Gasteiger partial charge on any atom is 0.280 e. The van der Waals surface area contributed by atoms with Crippen molar-refractivity contribution in [2.45, 2.75) is 20.0 Å². The second-order valence-electron chi connectivity index (χ2n) is 3.86. The van der Waals surface area contributed by atoms with E-state index in [4.69, 9.17) is 16.7 Å². The highest BCUT2D eigenvalue weighted by atomic mass is 35.5. The zero-order valence-corrected chi connectivity index (χ0v) is 10.3. The van der Waals surface area contributed by atoms with Crippen LogP contribution in [0.4, 0.5) is 8.78 Å². The zero-order valence-electron chi connectivity index (χ0n) is 9.57. The predicted octanol–water partition coefficient (Wildman–Crippen LogP) is 3.26. The van der Waals surface area contributed by atoms with Gasteiger partial charge in [0.1, 0.15) is 5.69 Å². The molecule has 18 heavy (non-hydrogen) atoms. The summed E-state index contributed by atoms with van der Waals surface area (Å²) in [5, 5.41) is 13.4. The molecule has 0 saturated heterocycles. The molecule has 0 aliphatic rings. The summed E-state index contributed by atoms with van der Waals surface area (Å²) in [5.41, 5.74) is 1.10. The van der Waals surface area contributed by atoms with E-state index >= 15 is 0 Å². The number of aliphatic hydroxyl groups excluding tert-OH is 1. The Kier molecular flexibility index (Phi) is 3.63. The lowest BCUT2D eigenvalue weighted by molar-refractivity contribution is 0.138. The largest absolute Gasteiger partial charge is 0.392 e. The molecule has 0 bridgehead atoms. The number of benzene rings is 1. The molecule has 0 fully saturated rings. The van der Waals surface area contributed by atoms with Gasteiger partial charge >= 0.3 is 0 Å². The van der Waals surface area contributed by atoms with Gasteiger partial charge in [-0.1, -0.05) is 17.7 Å². The third-order valence-corrected chi connectivity index (χ3v) is 3.07. The summed E-state index contributed by atoms with van der Waals surface area (Å²) < 4.78 is 27.0. The number of halogens is 3. The van der Waals surface area contributed by atoms with E-state index in [1.807, 2.05) is 6.92 Å². The third-order valence-electron chi connectivity index (χ3n) is 2.66. The molecule has 1 aromatic carbocycles. The van der Waals surface area contributed by atoms with Gasteiger partial charge in [-0.3, -0.25) is 0 Å². The van der Waals surface area contributed by atoms with E-state index in [1.165, 1.54) is 6.20 Å². The van der Waals surface area contributed by atoms with Crippen molar-refractivity contribution >= 4 is 11.6 Å². The first kappa shape index (κ1) is 13.0. The fraction of sp³-hybridized carbons (Fsp3) is 0.250. The van der Waals surface area contributed by atoms with Gasteiger partial charge in [0, 0.05) is 10.6 Å². The predicted molar refractivity (Wildman–Crippen MR) is 64.2 cm³/mol. The van der Waals surface area contributed by atoms with Crippen LogP contribution in [0.3, 0.4) is 0 Å². The van der Waals surface area contributed by atoms with Gasteiger partial charge in [-0.25, -0.2) is 13.5 Å². The molecule has 1 N–H and O–H groups in total. The van der Waals surface area contributed by atoms with Crippen molar-refractivity contribution in [2.75, 3.05) is 0 Å². The van der Waals surface area contributed by atoms with Crippen molar-refractivity contribution in [1.82, 2.24) is 9.78 Å². The first-order valence-electron chi connectivity index (χ1n) is 5.27. The second kappa shape index (κ2) is 5.04. The van der Waals surface area contributed by atoms with Gasteiger partial charge < -0.3 is 5.11 Å². The molecule has 3 nitrogen and oxygen atoms in total. The van der Waals surface area contributed by atoms with Crippen molar-refractivity contribution in [2.24, 2.45) is 0 Å². The number of nitrogens with zero attached hydrogens (tertiary/aromatic N) is 2. The van der Waals surface area contributed by atoms with Crippen LogP contribution >= 0.6 is 11.6 Å². The van der Waals surface area contributed by atoms with Crippen LogP contribution in [0.5, 0.6) is 0 Å². The minimum absolute atomic E-state index is 0.113. The number of aliphatic hydroxyl groups is 1. The summed E-state index contributed by atoms with van der Waals surface area (Å²) in [6, 6.07) is 4.95. The summed E-state index contributed by atoms with van der Waals surface area (Å²) in [6.45, 7) is 1.35. The van der Waals surface area contributed by atoms with Gasteiger partial charge in [0.15, 0.2) is 0 Å². The average Bonchev–Trinajstić information content (AvgIpc) is 2.76. The topological polar surface area (TPSA) is 38.0 Å². The summed E-state index contributed by atoms with van der Waals surface area (Å²) in [7, 11) is 0. The Hall–Kier alpha value is -1.46. The Balaban J connectivity index is 2.56. The first-order chi connectivity index (χ1) is 8.54. The van der Waals surface area contributed by atoms with E-state index in [9.17, 15) is 8.78 Å². The van der Waals surface area contributed by atoms with Crippen LogP contribution in [-0.2, 0) is 6.61 Å². The summed E-state index contributed by atoms with van der Waals surface area (Å²) in [6.07, 6.45) is -1.48. The van der Waals surface area contributed by atoms with Gasteiger partial charge in [-0.2, -0.15) is 5.10 Å². The number of alkyl halides is 2. The molecule has 0 atom stereocenters. The monoisotopic (exact) mass is 272 g/mol. The molecule has 0 amide bonds. The number of aryl methyl sites for hydroxylation is 1. The number of aromatic nitrogens is 2. The molecule has 0 saturated carbocycles. The van der Waals surface area contributed by atoms with Crippen LogP contribution in [0.15, 0.2) is 24.4 Å². The Bertz CT molecular complexity index is 569. The summed E-state index contributed by atoms with van der Waals surface area (Å²) in [5.74, 6) is 0. The number of rotatable bonds is 3. The molecule has 0 aliphatic carbocycles. The van der Waals surface area contributed by atoms with E-state index in [0.717, 1.165) is 10.2 Å². The fourth-order valence-electron chi connectivity index (χ4n) is 1.67. The lowest BCUT2D eigenvalue weighted by Gasteiger charge is -2.09. The van der Waals surface area contributed by atoms with Crippen LogP contribution < -0.4 is 0 Å². The average molecular weight is 273 g/mol. The minimum atomic E-state index is -2.71. The smallest absolute Gasteiger partial charge is 0.280 e. The molecule has 6 heteroatoms. The third kappa shape index (κ3) is 2.23. The fourth-order valence-corrected chi connectivity index (χ4v) is 1.84. The standard InChI is InChI=1S/C12H11ClF2N2O/c1-7-2-3-9(4-10(7)13)17-11(12(14)15)8(6-18)5-16-17/h2-5,12,18H,6H2,1H3. The van der Waals surface area contributed by atoms with Crippen LogP contribution in [0.2, 0.25) is 5.02 Å². The Labute approximate surface area is 108 Å². The maximum atomic E-state index is 13.0. The molecule has 96 valence electrons.